The average Bonchev–Trinajstić information content (AvgIpc) is 2.40. The number of halogens is 1. The monoisotopic (exact) mass is 282 g/mol. The molecule has 0 aromatic heterocycles. The minimum Gasteiger partial charge on any atom is -0.399 e. The van der Waals surface area contributed by atoms with Crippen LogP contribution >= 0.6 is 11.8 Å². The first kappa shape index (κ1) is 14.1. The van der Waals surface area contributed by atoms with E-state index in [2.05, 4.69) is 5.43 Å². The van der Waals surface area contributed by atoms with E-state index in [0.29, 0.717) is 11.3 Å². The summed E-state index contributed by atoms with van der Waals surface area (Å²) in [7, 11) is 3.73. The third-order valence-electron chi connectivity index (χ3n) is 3.36. The maximum Gasteiger partial charge on any atom is 0.174 e. The molecule has 0 saturated heterocycles. The lowest BCUT2D eigenvalue weighted by molar-refractivity contribution is 0.391. The van der Waals surface area contributed by atoms with Crippen LogP contribution in [0.3, 0.4) is 0 Å². The second-order valence-electron chi connectivity index (χ2n) is 4.79. The second-order valence-corrected chi connectivity index (χ2v) is 5.85. The number of hydrogen-bond acceptors (Lipinski definition) is 5. The van der Waals surface area contributed by atoms with Gasteiger partial charge in [0, 0.05) is 31.1 Å². The molecular formula is C13H19FN4S. The number of amidine groups is 1. The van der Waals surface area contributed by atoms with E-state index in [1.165, 1.54) is 6.07 Å². The van der Waals surface area contributed by atoms with Crippen LogP contribution in [0.2, 0.25) is 0 Å². The summed E-state index contributed by atoms with van der Waals surface area (Å²) in [6.07, 6.45) is 0.791. The van der Waals surface area contributed by atoms with E-state index in [4.69, 9.17) is 10.7 Å². The summed E-state index contributed by atoms with van der Waals surface area (Å²) in [5.74, 6) is 0.647. The second kappa shape index (κ2) is 5.38. The summed E-state index contributed by atoms with van der Waals surface area (Å²) in [4.78, 5) is 4.70. The van der Waals surface area contributed by atoms with E-state index in [1.807, 2.05) is 26.0 Å². The molecule has 0 bridgehead atoms. The van der Waals surface area contributed by atoms with Gasteiger partial charge in [0.25, 0.3) is 0 Å². The Labute approximate surface area is 117 Å². The zero-order valence-corrected chi connectivity index (χ0v) is 12.2. The first-order chi connectivity index (χ1) is 8.96. The van der Waals surface area contributed by atoms with Crippen molar-refractivity contribution in [3.63, 3.8) is 0 Å². The summed E-state index contributed by atoms with van der Waals surface area (Å²) in [6.45, 7) is 1.95. The Kier molecular flexibility index (Phi) is 4.01. The summed E-state index contributed by atoms with van der Waals surface area (Å²) in [5.41, 5.74) is 9.35. The molecule has 0 saturated carbocycles. The largest absolute Gasteiger partial charge is 0.399 e. The average molecular weight is 282 g/mol. The summed E-state index contributed by atoms with van der Waals surface area (Å²) in [6, 6.07) is 4.67. The highest BCUT2D eigenvalue weighted by molar-refractivity contribution is 8.13. The Morgan fingerprint density at radius 3 is 2.95 bits per heavy atom. The van der Waals surface area contributed by atoms with Gasteiger partial charge in [0.15, 0.2) is 5.17 Å². The van der Waals surface area contributed by atoms with Crippen molar-refractivity contribution >= 4 is 22.6 Å². The van der Waals surface area contributed by atoms with E-state index < -0.39 is 5.54 Å². The molecule has 0 spiro atoms. The van der Waals surface area contributed by atoms with Crippen LogP contribution in [-0.2, 0) is 5.54 Å². The molecule has 3 N–H and O–H groups in total. The maximum atomic E-state index is 14.0. The predicted octanol–water partition coefficient (Wildman–Crippen LogP) is 2.18. The molecule has 1 aliphatic rings. The Bertz CT molecular complexity index is 505. The molecule has 0 aliphatic carbocycles. The Hall–Kier alpha value is -1.27. The standard InChI is InChI=1S/C13H19FN4S/c1-13(10-8-9(15)4-5-11(10)14)6-7-19-12(17-13)18(3)16-2/h4-5,8,16H,6-7,15H2,1-3H3/t13-/m1/s1. The van der Waals surface area contributed by atoms with Crippen LogP contribution in [0.15, 0.2) is 23.2 Å². The van der Waals surface area contributed by atoms with Crippen LogP contribution in [0.5, 0.6) is 0 Å². The third kappa shape index (κ3) is 2.84. The Morgan fingerprint density at radius 2 is 2.26 bits per heavy atom. The molecule has 1 aromatic rings. The number of nitrogens with one attached hydrogen (secondary N) is 1. The lowest BCUT2D eigenvalue weighted by Gasteiger charge is -2.33. The first-order valence-corrected chi connectivity index (χ1v) is 7.14. The van der Waals surface area contributed by atoms with Gasteiger partial charge in [-0.25, -0.2) is 14.8 Å². The van der Waals surface area contributed by atoms with Crippen molar-refractivity contribution < 1.29 is 4.39 Å². The molecule has 1 aliphatic heterocycles. The molecule has 6 heteroatoms. The molecule has 4 nitrogen and oxygen atoms in total. The van der Waals surface area contributed by atoms with Gasteiger partial charge in [-0.3, -0.25) is 5.01 Å². The number of benzene rings is 1. The fourth-order valence-corrected chi connectivity index (χ4v) is 3.29. The molecule has 2 rings (SSSR count). The number of aliphatic imine (C=N–C) groups is 1. The van der Waals surface area contributed by atoms with Crippen LogP contribution in [0, 0.1) is 5.82 Å². The number of hydrazine groups is 1. The SMILES string of the molecule is CNN(C)C1=N[C@@](C)(c2cc(N)ccc2F)CCS1. The third-order valence-corrected chi connectivity index (χ3v) is 4.39. The van der Waals surface area contributed by atoms with Gasteiger partial charge < -0.3 is 5.73 Å². The van der Waals surface area contributed by atoms with Crippen molar-refractivity contribution in [2.75, 3.05) is 25.6 Å². The van der Waals surface area contributed by atoms with Crippen molar-refractivity contribution in [3.05, 3.63) is 29.6 Å². The van der Waals surface area contributed by atoms with Gasteiger partial charge in [-0.2, -0.15) is 0 Å². The van der Waals surface area contributed by atoms with Crippen LogP contribution in [-0.4, -0.2) is 30.0 Å². The van der Waals surface area contributed by atoms with Gasteiger partial charge in [-0.15, -0.1) is 0 Å². The van der Waals surface area contributed by atoms with Gasteiger partial charge in [0.05, 0.1) is 5.54 Å². The summed E-state index contributed by atoms with van der Waals surface area (Å²) < 4.78 is 14.0. The molecule has 1 aromatic carbocycles. The number of anilines is 1. The van der Waals surface area contributed by atoms with Crippen LogP contribution in [0.25, 0.3) is 0 Å². The summed E-state index contributed by atoms with van der Waals surface area (Å²) in [5, 5.41) is 2.70. The highest BCUT2D eigenvalue weighted by atomic mass is 32.2. The number of nitrogen functional groups attached to an aromatic ring is 1. The lowest BCUT2D eigenvalue weighted by Crippen LogP contribution is -2.39. The van der Waals surface area contributed by atoms with E-state index >= 15 is 0 Å². The predicted molar refractivity (Wildman–Crippen MR) is 79.5 cm³/mol. The molecule has 104 valence electrons. The highest BCUT2D eigenvalue weighted by Gasteiger charge is 2.33. The molecule has 0 radical (unpaired) electrons. The number of nitrogens with two attached hydrogens (primary N) is 1. The summed E-state index contributed by atoms with van der Waals surface area (Å²) >= 11 is 1.66. The fraction of sp³-hybridized carbons (Fsp3) is 0.462. The number of thioether (sulfide) groups is 1. The molecule has 0 unspecified atom stereocenters. The van der Waals surface area contributed by atoms with Crippen molar-refractivity contribution in [2.24, 2.45) is 4.99 Å². The van der Waals surface area contributed by atoms with Crippen LogP contribution in [0.1, 0.15) is 18.9 Å². The normalized spacial score (nSPS) is 23.1. The van der Waals surface area contributed by atoms with Crippen molar-refractivity contribution in [3.8, 4) is 0 Å². The fourth-order valence-electron chi connectivity index (χ4n) is 2.06. The minimum absolute atomic E-state index is 0.251. The van der Waals surface area contributed by atoms with Gasteiger partial charge in [0.2, 0.25) is 0 Å². The molecule has 19 heavy (non-hydrogen) atoms. The van der Waals surface area contributed by atoms with Crippen molar-refractivity contribution in [1.82, 2.24) is 10.4 Å². The van der Waals surface area contributed by atoms with Gasteiger partial charge in [-0.1, -0.05) is 11.8 Å². The smallest absolute Gasteiger partial charge is 0.174 e. The molecule has 0 fully saturated rings. The Morgan fingerprint density at radius 1 is 1.53 bits per heavy atom. The number of nitrogens with zero attached hydrogens (tertiary/aromatic N) is 2. The number of hydrogen-bond donors (Lipinski definition) is 2. The molecular weight excluding hydrogens is 263 g/mol. The van der Waals surface area contributed by atoms with E-state index in [9.17, 15) is 4.39 Å². The maximum absolute atomic E-state index is 14.0. The highest BCUT2D eigenvalue weighted by Crippen LogP contribution is 2.38. The molecule has 0 amide bonds. The van der Waals surface area contributed by atoms with Gasteiger partial charge in [-0.05, 0) is 31.5 Å². The van der Waals surface area contributed by atoms with Gasteiger partial charge >= 0.3 is 0 Å². The van der Waals surface area contributed by atoms with E-state index in [-0.39, 0.29) is 5.82 Å². The minimum atomic E-state index is -0.564. The lowest BCUT2D eigenvalue weighted by atomic mass is 9.89. The van der Waals surface area contributed by atoms with Crippen molar-refractivity contribution in [2.45, 2.75) is 18.9 Å². The van der Waals surface area contributed by atoms with E-state index in [0.717, 1.165) is 17.3 Å². The topological polar surface area (TPSA) is 53.6 Å². The zero-order chi connectivity index (χ0) is 14.0. The van der Waals surface area contributed by atoms with Crippen LogP contribution < -0.4 is 11.2 Å². The van der Waals surface area contributed by atoms with Crippen molar-refractivity contribution in [1.29, 1.82) is 0 Å². The van der Waals surface area contributed by atoms with E-state index in [1.54, 1.807) is 23.9 Å². The van der Waals surface area contributed by atoms with Crippen LogP contribution in [0.4, 0.5) is 10.1 Å². The first-order valence-electron chi connectivity index (χ1n) is 6.15. The molecule has 1 atom stereocenters. The Balaban J connectivity index is 2.44. The van der Waals surface area contributed by atoms with Gasteiger partial charge in [0.1, 0.15) is 5.82 Å². The zero-order valence-electron chi connectivity index (χ0n) is 11.4. The quantitative estimate of drug-likeness (QED) is 0.645. The number of rotatable bonds is 2. The molecule has 1 heterocycles.